The second kappa shape index (κ2) is 4.93. The van der Waals surface area contributed by atoms with Gasteiger partial charge in [0.2, 0.25) is 0 Å². The van der Waals surface area contributed by atoms with E-state index < -0.39 is 6.10 Å². The second-order valence-corrected chi connectivity index (χ2v) is 4.48. The first kappa shape index (κ1) is 11.6. The Morgan fingerprint density at radius 1 is 1.44 bits per heavy atom. The van der Waals surface area contributed by atoms with E-state index in [1.165, 1.54) is 12.1 Å². The summed E-state index contributed by atoms with van der Waals surface area (Å²) < 4.78 is 18.5. The van der Waals surface area contributed by atoms with Crippen LogP contribution in [0.2, 0.25) is 0 Å². The Kier molecular flexibility index (Phi) is 3.56. The molecule has 0 radical (unpaired) electrons. The summed E-state index contributed by atoms with van der Waals surface area (Å²) in [5, 5.41) is 10.1. The first-order valence-electron chi connectivity index (χ1n) is 5.70. The van der Waals surface area contributed by atoms with Gasteiger partial charge in [0.05, 0.1) is 12.7 Å². The molecule has 0 bridgehead atoms. The number of hydrogen-bond donors (Lipinski definition) is 1. The monoisotopic (exact) mass is 224 g/mol. The molecular formula is C13H17FO2. The number of aryl methyl sites for hydroxylation is 1. The summed E-state index contributed by atoms with van der Waals surface area (Å²) in [6.45, 7) is 3.17. The van der Waals surface area contributed by atoms with Gasteiger partial charge in [-0.15, -0.1) is 0 Å². The summed E-state index contributed by atoms with van der Waals surface area (Å²) in [6, 6.07) is 4.71. The fourth-order valence-electron chi connectivity index (χ4n) is 2.22. The number of aliphatic hydroxyl groups excluding tert-OH is 1. The molecule has 88 valence electrons. The highest BCUT2D eigenvalue weighted by atomic mass is 19.1. The summed E-state index contributed by atoms with van der Waals surface area (Å²) in [5.74, 6) is -0.194. The molecule has 2 unspecified atom stereocenters. The van der Waals surface area contributed by atoms with Gasteiger partial charge in [0.25, 0.3) is 0 Å². The molecule has 1 N–H and O–H groups in total. The molecule has 0 saturated carbocycles. The van der Waals surface area contributed by atoms with Crippen LogP contribution in [0, 0.1) is 18.7 Å². The second-order valence-electron chi connectivity index (χ2n) is 4.48. The number of ether oxygens (including phenoxy) is 1. The summed E-state index contributed by atoms with van der Waals surface area (Å²) in [4.78, 5) is 0. The minimum absolute atomic E-state index is 0.0925. The van der Waals surface area contributed by atoms with Gasteiger partial charge in [0, 0.05) is 12.5 Å². The quantitative estimate of drug-likeness (QED) is 0.836. The van der Waals surface area contributed by atoms with Gasteiger partial charge in [-0.1, -0.05) is 6.07 Å². The number of benzene rings is 1. The van der Waals surface area contributed by atoms with E-state index in [2.05, 4.69) is 0 Å². The summed E-state index contributed by atoms with van der Waals surface area (Å²) in [7, 11) is 0. The van der Waals surface area contributed by atoms with Crippen LogP contribution in [0.1, 0.15) is 30.1 Å². The van der Waals surface area contributed by atoms with Crippen molar-refractivity contribution in [3.05, 3.63) is 35.1 Å². The topological polar surface area (TPSA) is 29.5 Å². The van der Waals surface area contributed by atoms with Gasteiger partial charge in [-0.05, 0) is 43.0 Å². The van der Waals surface area contributed by atoms with Crippen molar-refractivity contribution in [2.45, 2.75) is 25.9 Å². The number of hydrogen-bond acceptors (Lipinski definition) is 2. The zero-order valence-electron chi connectivity index (χ0n) is 9.45. The van der Waals surface area contributed by atoms with Crippen LogP contribution < -0.4 is 0 Å². The summed E-state index contributed by atoms with van der Waals surface area (Å²) in [5.41, 5.74) is 1.50. The average molecular weight is 224 g/mol. The van der Waals surface area contributed by atoms with E-state index in [-0.39, 0.29) is 11.7 Å². The lowest BCUT2D eigenvalue weighted by Gasteiger charge is -2.27. The lowest BCUT2D eigenvalue weighted by molar-refractivity contribution is -0.0101. The van der Waals surface area contributed by atoms with Crippen LogP contribution >= 0.6 is 0 Å². The molecule has 1 fully saturated rings. The van der Waals surface area contributed by atoms with Gasteiger partial charge >= 0.3 is 0 Å². The van der Waals surface area contributed by atoms with Crippen molar-refractivity contribution in [1.82, 2.24) is 0 Å². The van der Waals surface area contributed by atoms with E-state index in [0.29, 0.717) is 12.2 Å². The normalized spacial score (nSPS) is 23.1. The molecule has 0 aromatic heterocycles. The predicted molar refractivity (Wildman–Crippen MR) is 59.6 cm³/mol. The maximum absolute atomic E-state index is 13.2. The van der Waals surface area contributed by atoms with E-state index in [0.717, 1.165) is 25.0 Å². The highest BCUT2D eigenvalue weighted by molar-refractivity contribution is 5.25. The standard InChI is InChI=1S/C13H17FO2/c1-9-5-11(7-12(14)6-9)13(15)10-3-2-4-16-8-10/h5-7,10,13,15H,2-4,8H2,1H3. The Labute approximate surface area is 95.1 Å². The van der Waals surface area contributed by atoms with Gasteiger partial charge in [0.15, 0.2) is 0 Å². The third-order valence-electron chi connectivity index (χ3n) is 3.05. The van der Waals surface area contributed by atoms with Crippen molar-refractivity contribution >= 4 is 0 Å². The average Bonchev–Trinajstić information content (AvgIpc) is 2.28. The Hall–Kier alpha value is -0.930. The molecular weight excluding hydrogens is 207 g/mol. The number of rotatable bonds is 2. The summed E-state index contributed by atoms with van der Waals surface area (Å²) >= 11 is 0. The first-order chi connectivity index (χ1) is 7.66. The molecule has 1 aromatic rings. The van der Waals surface area contributed by atoms with Crippen molar-refractivity contribution in [2.75, 3.05) is 13.2 Å². The molecule has 1 aromatic carbocycles. The number of halogens is 1. The Bertz CT molecular complexity index is 339. The molecule has 3 heteroatoms. The van der Waals surface area contributed by atoms with E-state index in [1.807, 2.05) is 13.0 Å². The van der Waals surface area contributed by atoms with Gasteiger partial charge in [-0.3, -0.25) is 0 Å². The highest BCUT2D eigenvalue weighted by Gasteiger charge is 2.24. The lowest BCUT2D eigenvalue weighted by atomic mass is 9.90. The Balaban J connectivity index is 2.15. The smallest absolute Gasteiger partial charge is 0.123 e. The molecule has 1 saturated heterocycles. The van der Waals surface area contributed by atoms with Gasteiger partial charge in [-0.25, -0.2) is 4.39 Å². The van der Waals surface area contributed by atoms with Crippen LogP contribution in [0.5, 0.6) is 0 Å². The van der Waals surface area contributed by atoms with Crippen LogP contribution in [0.15, 0.2) is 18.2 Å². The van der Waals surface area contributed by atoms with Gasteiger partial charge in [-0.2, -0.15) is 0 Å². The van der Waals surface area contributed by atoms with Crippen molar-refractivity contribution in [3.63, 3.8) is 0 Å². The Morgan fingerprint density at radius 3 is 2.88 bits per heavy atom. The molecule has 0 spiro atoms. The minimum atomic E-state index is -0.616. The largest absolute Gasteiger partial charge is 0.388 e. The molecule has 1 heterocycles. The Morgan fingerprint density at radius 2 is 2.25 bits per heavy atom. The third kappa shape index (κ3) is 2.60. The molecule has 2 nitrogen and oxygen atoms in total. The van der Waals surface area contributed by atoms with Crippen molar-refractivity contribution in [1.29, 1.82) is 0 Å². The molecule has 0 amide bonds. The molecule has 2 rings (SSSR count). The molecule has 2 atom stereocenters. The van der Waals surface area contributed by atoms with Crippen LogP contribution in [-0.4, -0.2) is 18.3 Å². The molecule has 0 aliphatic carbocycles. The van der Waals surface area contributed by atoms with E-state index >= 15 is 0 Å². The lowest BCUT2D eigenvalue weighted by Crippen LogP contribution is -2.23. The maximum Gasteiger partial charge on any atom is 0.123 e. The van der Waals surface area contributed by atoms with Crippen LogP contribution in [0.3, 0.4) is 0 Å². The molecule has 1 aliphatic rings. The fraction of sp³-hybridized carbons (Fsp3) is 0.538. The van der Waals surface area contributed by atoms with Crippen molar-refractivity contribution in [2.24, 2.45) is 5.92 Å². The van der Waals surface area contributed by atoms with E-state index in [9.17, 15) is 9.50 Å². The third-order valence-corrected chi connectivity index (χ3v) is 3.05. The van der Waals surface area contributed by atoms with Gasteiger partial charge < -0.3 is 9.84 Å². The maximum atomic E-state index is 13.2. The SMILES string of the molecule is Cc1cc(F)cc(C(O)C2CCCOC2)c1. The number of aliphatic hydroxyl groups is 1. The van der Waals surface area contributed by atoms with Crippen LogP contribution in [0.25, 0.3) is 0 Å². The fourth-order valence-corrected chi connectivity index (χ4v) is 2.22. The van der Waals surface area contributed by atoms with Crippen molar-refractivity contribution in [3.8, 4) is 0 Å². The minimum Gasteiger partial charge on any atom is -0.388 e. The zero-order valence-corrected chi connectivity index (χ0v) is 9.45. The van der Waals surface area contributed by atoms with E-state index in [1.54, 1.807) is 0 Å². The van der Waals surface area contributed by atoms with E-state index in [4.69, 9.17) is 4.74 Å². The van der Waals surface area contributed by atoms with Crippen LogP contribution in [-0.2, 0) is 4.74 Å². The zero-order chi connectivity index (χ0) is 11.5. The highest BCUT2D eigenvalue weighted by Crippen LogP contribution is 2.29. The molecule has 16 heavy (non-hydrogen) atoms. The van der Waals surface area contributed by atoms with Crippen molar-refractivity contribution < 1.29 is 14.2 Å². The van der Waals surface area contributed by atoms with Crippen LogP contribution in [0.4, 0.5) is 4.39 Å². The van der Waals surface area contributed by atoms with Gasteiger partial charge in [0.1, 0.15) is 5.82 Å². The summed E-state index contributed by atoms with van der Waals surface area (Å²) in [6.07, 6.45) is 1.29. The molecule has 1 aliphatic heterocycles. The first-order valence-corrected chi connectivity index (χ1v) is 5.70. The predicted octanol–water partition coefficient (Wildman–Crippen LogP) is 2.59.